The van der Waals surface area contributed by atoms with Crippen LogP contribution in [0.5, 0.6) is 0 Å². The summed E-state index contributed by atoms with van der Waals surface area (Å²) >= 11 is 1.00. The van der Waals surface area contributed by atoms with Crippen LogP contribution in [0.3, 0.4) is 0 Å². The highest BCUT2D eigenvalue weighted by Gasteiger charge is 2.21. The van der Waals surface area contributed by atoms with Gasteiger partial charge in [0.1, 0.15) is 0 Å². The Labute approximate surface area is 143 Å². The highest BCUT2D eigenvalue weighted by molar-refractivity contribution is 7.89. The van der Waals surface area contributed by atoms with Gasteiger partial charge in [-0.15, -0.1) is 11.3 Å². The Morgan fingerprint density at radius 3 is 2.46 bits per heavy atom. The number of rotatable bonds is 5. The number of aromatic carboxylic acids is 1. The quantitative estimate of drug-likeness (QED) is 0.842. The van der Waals surface area contributed by atoms with E-state index in [9.17, 15) is 18.0 Å². The van der Waals surface area contributed by atoms with Crippen LogP contribution >= 0.6 is 11.3 Å². The Morgan fingerprint density at radius 1 is 1.21 bits per heavy atom. The van der Waals surface area contributed by atoms with E-state index in [4.69, 9.17) is 5.11 Å². The highest BCUT2D eigenvalue weighted by Crippen LogP contribution is 2.24. The van der Waals surface area contributed by atoms with E-state index < -0.39 is 21.9 Å². The number of carbonyl (C=O) groups is 2. The van der Waals surface area contributed by atoms with E-state index in [0.717, 1.165) is 15.6 Å². The Hall–Kier alpha value is -2.23. The highest BCUT2D eigenvalue weighted by atomic mass is 32.2. The second-order valence-electron chi connectivity index (χ2n) is 5.22. The number of sulfonamides is 1. The number of anilines is 1. The SMILES string of the molecule is Cc1ccc(C(=O)O)cc1NC(=O)c1cc(S(=O)(=O)N(C)C)cs1. The van der Waals surface area contributed by atoms with E-state index in [1.165, 1.54) is 37.7 Å². The lowest BCUT2D eigenvalue weighted by atomic mass is 10.1. The van der Waals surface area contributed by atoms with Crippen LogP contribution in [0.25, 0.3) is 0 Å². The van der Waals surface area contributed by atoms with Gasteiger partial charge in [-0.1, -0.05) is 6.07 Å². The van der Waals surface area contributed by atoms with Gasteiger partial charge in [-0.05, 0) is 30.7 Å². The Kier molecular flexibility index (Phi) is 5.07. The molecule has 2 N–H and O–H groups in total. The molecule has 128 valence electrons. The molecule has 0 aliphatic rings. The molecule has 0 radical (unpaired) electrons. The van der Waals surface area contributed by atoms with Gasteiger partial charge in [0.15, 0.2) is 0 Å². The van der Waals surface area contributed by atoms with Crippen molar-refractivity contribution in [3.8, 4) is 0 Å². The Morgan fingerprint density at radius 2 is 1.88 bits per heavy atom. The molecule has 0 spiro atoms. The van der Waals surface area contributed by atoms with Crippen LogP contribution < -0.4 is 5.32 Å². The summed E-state index contributed by atoms with van der Waals surface area (Å²) in [7, 11) is -0.782. The number of carboxylic acids is 1. The number of carbonyl (C=O) groups excluding carboxylic acids is 1. The van der Waals surface area contributed by atoms with Gasteiger partial charge in [-0.25, -0.2) is 17.5 Å². The fourth-order valence-corrected chi connectivity index (χ4v) is 3.92. The van der Waals surface area contributed by atoms with Gasteiger partial charge < -0.3 is 10.4 Å². The van der Waals surface area contributed by atoms with Crippen molar-refractivity contribution in [1.82, 2.24) is 4.31 Å². The summed E-state index contributed by atoms with van der Waals surface area (Å²) in [5.41, 5.74) is 1.12. The van der Waals surface area contributed by atoms with E-state index in [-0.39, 0.29) is 15.3 Å². The predicted molar refractivity (Wildman–Crippen MR) is 91.3 cm³/mol. The maximum Gasteiger partial charge on any atom is 0.335 e. The number of hydrogen-bond acceptors (Lipinski definition) is 5. The zero-order valence-electron chi connectivity index (χ0n) is 13.2. The summed E-state index contributed by atoms with van der Waals surface area (Å²) in [6, 6.07) is 5.70. The first kappa shape index (κ1) is 18.1. The molecule has 2 rings (SSSR count). The molecule has 24 heavy (non-hydrogen) atoms. The predicted octanol–water partition coefficient (Wildman–Crippen LogP) is 2.26. The number of thiophene rings is 1. The van der Waals surface area contributed by atoms with E-state index in [1.807, 2.05) is 0 Å². The van der Waals surface area contributed by atoms with Crippen molar-refractivity contribution in [2.45, 2.75) is 11.8 Å². The van der Waals surface area contributed by atoms with Crippen LogP contribution in [0.15, 0.2) is 34.5 Å². The standard InChI is InChI=1S/C15H16N2O5S2/c1-9-4-5-10(15(19)20)6-12(9)16-14(18)13-7-11(8-23-13)24(21,22)17(2)3/h4-8H,1-3H3,(H,16,18)(H,19,20). The first-order valence-corrected chi connectivity index (χ1v) is 9.11. The molecular formula is C15H16N2O5S2. The normalized spacial score (nSPS) is 11.5. The van der Waals surface area contributed by atoms with Gasteiger partial charge in [0.25, 0.3) is 5.91 Å². The molecule has 1 aromatic heterocycles. The molecule has 0 saturated carbocycles. The van der Waals surface area contributed by atoms with Crippen LogP contribution in [-0.2, 0) is 10.0 Å². The van der Waals surface area contributed by atoms with Gasteiger partial charge >= 0.3 is 5.97 Å². The molecule has 7 nitrogen and oxygen atoms in total. The monoisotopic (exact) mass is 368 g/mol. The molecule has 9 heteroatoms. The lowest BCUT2D eigenvalue weighted by molar-refractivity contribution is 0.0696. The molecule has 1 heterocycles. The first-order chi connectivity index (χ1) is 11.1. The minimum Gasteiger partial charge on any atom is -0.478 e. The number of nitrogens with zero attached hydrogens (tertiary/aromatic N) is 1. The number of amides is 1. The van der Waals surface area contributed by atoms with Crippen LogP contribution in [0, 0.1) is 6.92 Å². The van der Waals surface area contributed by atoms with Crippen molar-refractivity contribution in [1.29, 1.82) is 0 Å². The fourth-order valence-electron chi connectivity index (χ4n) is 1.86. The van der Waals surface area contributed by atoms with Crippen LogP contribution in [0.1, 0.15) is 25.6 Å². The third kappa shape index (κ3) is 3.64. The molecule has 0 atom stereocenters. The molecular weight excluding hydrogens is 352 g/mol. The summed E-state index contributed by atoms with van der Waals surface area (Å²) in [6.07, 6.45) is 0. The van der Waals surface area contributed by atoms with Crippen molar-refractivity contribution < 1.29 is 23.1 Å². The summed E-state index contributed by atoms with van der Waals surface area (Å²) in [5, 5.41) is 13.0. The molecule has 0 fully saturated rings. The number of benzene rings is 1. The van der Waals surface area contributed by atoms with E-state index >= 15 is 0 Å². The van der Waals surface area contributed by atoms with Crippen molar-refractivity contribution in [2.75, 3.05) is 19.4 Å². The van der Waals surface area contributed by atoms with Gasteiger partial charge in [0, 0.05) is 25.2 Å². The second-order valence-corrected chi connectivity index (χ2v) is 8.29. The third-order valence-corrected chi connectivity index (χ3v) is 6.18. The average Bonchev–Trinajstić information content (AvgIpc) is 2.99. The molecule has 1 amide bonds. The zero-order valence-corrected chi connectivity index (χ0v) is 14.9. The summed E-state index contributed by atoms with van der Waals surface area (Å²) < 4.78 is 25.1. The lowest BCUT2D eigenvalue weighted by Crippen LogP contribution is -2.21. The molecule has 0 unspecified atom stereocenters. The van der Waals surface area contributed by atoms with Crippen LogP contribution in [-0.4, -0.2) is 43.8 Å². The topological polar surface area (TPSA) is 104 Å². The number of nitrogens with one attached hydrogen (secondary N) is 1. The van der Waals surface area contributed by atoms with E-state index in [0.29, 0.717) is 11.3 Å². The van der Waals surface area contributed by atoms with Crippen molar-refractivity contribution in [3.05, 3.63) is 45.6 Å². The van der Waals surface area contributed by atoms with Gasteiger partial charge in [-0.2, -0.15) is 0 Å². The molecule has 2 aromatic rings. The van der Waals surface area contributed by atoms with Crippen molar-refractivity contribution in [3.63, 3.8) is 0 Å². The third-order valence-electron chi connectivity index (χ3n) is 3.31. The van der Waals surface area contributed by atoms with Crippen LogP contribution in [0.4, 0.5) is 5.69 Å². The average molecular weight is 368 g/mol. The minimum atomic E-state index is -3.60. The van der Waals surface area contributed by atoms with Crippen molar-refractivity contribution in [2.24, 2.45) is 0 Å². The summed E-state index contributed by atoms with van der Waals surface area (Å²) in [5.74, 6) is -1.59. The second kappa shape index (κ2) is 6.71. The molecule has 0 bridgehead atoms. The maximum atomic E-state index is 12.3. The number of hydrogen-bond donors (Lipinski definition) is 2. The largest absolute Gasteiger partial charge is 0.478 e. The minimum absolute atomic E-state index is 0.0404. The smallest absolute Gasteiger partial charge is 0.335 e. The van der Waals surface area contributed by atoms with Crippen molar-refractivity contribution >= 4 is 38.9 Å². The molecule has 0 aliphatic heterocycles. The number of aryl methyl sites for hydroxylation is 1. The van der Waals surface area contributed by atoms with E-state index in [2.05, 4.69) is 5.32 Å². The first-order valence-electron chi connectivity index (χ1n) is 6.79. The van der Waals surface area contributed by atoms with E-state index in [1.54, 1.807) is 13.0 Å². The summed E-state index contributed by atoms with van der Waals surface area (Å²) in [6.45, 7) is 1.73. The maximum absolute atomic E-state index is 12.3. The lowest BCUT2D eigenvalue weighted by Gasteiger charge is -2.09. The number of carboxylic acid groups (broad SMARTS) is 1. The van der Waals surface area contributed by atoms with Gasteiger partial charge in [0.05, 0.1) is 15.3 Å². The summed E-state index contributed by atoms with van der Waals surface area (Å²) in [4.78, 5) is 23.6. The molecule has 0 saturated heterocycles. The molecule has 0 aliphatic carbocycles. The van der Waals surface area contributed by atoms with Crippen LogP contribution in [0.2, 0.25) is 0 Å². The van der Waals surface area contributed by atoms with Gasteiger partial charge in [0.2, 0.25) is 10.0 Å². The zero-order chi connectivity index (χ0) is 18.1. The fraction of sp³-hybridized carbons (Fsp3) is 0.200. The van der Waals surface area contributed by atoms with Gasteiger partial charge in [-0.3, -0.25) is 4.79 Å². The Bertz CT molecular complexity index is 900. The molecule has 1 aromatic carbocycles. The Balaban J connectivity index is 2.27.